The zero-order valence-electron chi connectivity index (χ0n) is 13.5. The third-order valence-corrected chi connectivity index (χ3v) is 4.69. The Kier molecular flexibility index (Phi) is 3.49. The predicted octanol–water partition coefficient (Wildman–Crippen LogP) is 3.68. The normalized spacial score (nSPS) is 14.3. The second kappa shape index (κ2) is 5.65. The summed E-state index contributed by atoms with van der Waals surface area (Å²) in [6.45, 7) is 0.869. The Bertz CT molecular complexity index is 854. The van der Waals surface area contributed by atoms with Gasteiger partial charge in [-0.25, -0.2) is 4.57 Å². The molecule has 2 aromatic heterocycles. The van der Waals surface area contributed by atoms with E-state index in [1.807, 2.05) is 7.05 Å². The first-order valence-electron chi connectivity index (χ1n) is 8.30. The van der Waals surface area contributed by atoms with E-state index in [9.17, 15) is 0 Å². The molecule has 0 aliphatic heterocycles. The van der Waals surface area contributed by atoms with Crippen molar-refractivity contribution in [1.82, 2.24) is 4.57 Å². The van der Waals surface area contributed by atoms with E-state index in [1.165, 1.54) is 29.3 Å². The lowest BCUT2D eigenvalue weighted by Gasteiger charge is -2.08. The molecule has 3 aromatic rings. The maximum Gasteiger partial charge on any atom is 0.177 e. The summed E-state index contributed by atoms with van der Waals surface area (Å²) in [6.07, 6.45) is 9.93. The van der Waals surface area contributed by atoms with Crippen LogP contribution in [-0.2, 0) is 13.6 Å². The molecule has 0 unspecified atom stereocenters. The predicted molar refractivity (Wildman–Crippen MR) is 92.8 cm³/mol. The van der Waals surface area contributed by atoms with Crippen LogP contribution in [0.5, 0.6) is 0 Å². The van der Waals surface area contributed by atoms with Crippen molar-refractivity contribution in [2.75, 3.05) is 0 Å². The third-order valence-electron chi connectivity index (χ3n) is 4.69. The van der Waals surface area contributed by atoms with Gasteiger partial charge in [0.25, 0.3) is 0 Å². The minimum Gasteiger partial charge on any atom is -0.343 e. The standard InChI is InChI=1S/C20H22N3/c1-22-10-9-20-18(14-22)8-11-23(20)13-16-4-6-17(7-5-16)19(21)12-15-2-3-15/h4-11,14-15,21H,2-3,12-13H2,1H3/q+1. The van der Waals surface area contributed by atoms with E-state index in [4.69, 9.17) is 5.41 Å². The highest BCUT2D eigenvalue weighted by Crippen LogP contribution is 2.33. The summed E-state index contributed by atoms with van der Waals surface area (Å²) in [7, 11) is 2.05. The van der Waals surface area contributed by atoms with Crippen LogP contribution >= 0.6 is 0 Å². The molecule has 0 saturated heterocycles. The van der Waals surface area contributed by atoms with Gasteiger partial charge in [-0.1, -0.05) is 24.3 Å². The molecule has 1 fully saturated rings. The number of pyridine rings is 1. The van der Waals surface area contributed by atoms with E-state index >= 15 is 0 Å². The van der Waals surface area contributed by atoms with Crippen molar-refractivity contribution < 1.29 is 4.57 Å². The van der Waals surface area contributed by atoms with Crippen LogP contribution in [0.15, 0.2) is 55.0 Å². The van der Waals surface area contributed by atoms with Gasteiger partial charge in [0.05, 0.1) is 10.9 Å². The third kappa shape index (κ3) is 3.04. The molecule has 1 N–H and O–H groups in total. The van der Waals surface area contributed by atoms with E-state index in [2.05, 4.69) is 64.1 Å². The van der Waals surface area contributed by atoms with Gasteiger partial charge in [-0.05, 0) is 42.4 Å². The van der Waals surface area contributed by atoms with Crippen LogP contribution in [0.4, 0.5) is 0 Å². The Labute approximate surface area is 136 Å². The molecule has 2 heterocycles. The largest absolute Gasteiger partial charge is 0.343 e. The second-order valence-corrected chi connectivity index (χ2v) is 6.72. The highest BCUT2D eigenvalue weighted by molar-refractivity contribution is 5.98. The van der Waals surface area contributed by atoms with Crippen LogP contribution in [-0.4, -0.2) is 10.3 Å². The molecule has 23 heavy (non-hydrogen) atoms. The SMILES string of the molecule is C[n+]1ccc2c(ccn2Cc2ccc(C(=N)CC3CC3)cc2)c1. The Hall–Kier alpha value is -2.42. The number of aromatic nitrogens is 2. The lowest BCUT2D eigenvalue weighted by Crippen LogP contribution is -2.25. The molecule has 0 radical (unpaired) electrons. The molecule has 3 heteroatoms. The van der Waals surface area contributed by atoms with Gasteiger partial charge in [-0.2, -0.15) is 0 Å². The summed E-state index contributed by atoms with van der Waals surface area (Å²) in [5.41, 5.74) is 4.40. The van der Waals surface area contributed by atoms with Gasteiger partial charge < -0.3 is 9.98 Å². The molecular formula is C20H22N3+. The second-order valence-electron chi connectivity index (χ2n) is 6.72. The average Bonchev–Trinajstić information content (AvgIpc) is 3.28. The number of hydrogen-bond donors (Lipinski definition) is 1. The number of hydrogen-bond acceptors (Lipinski definition) is 1. The summed E-state index contributed by atoms with van der Waals surface area (Å²) in [5, 5.41) is 9.45. The van der Waals surface area contributed by atoms with Crippen LogP contribution in [0.1, 0.15) is 30.4 Å². The van der Waals surface area contributed by atoms with Gasteiger partial charge in [0, 0.05) is 24.5 Å². The number of aryl methyl sites for hydroxylation is 1. The molecule has 1 aromatic carbocycles. The lowest BCUT2D eigenvalue weighted by atomic mass is 10.0. The molecule has 1 aliphatic carbocycles. The first-order chi connectivity index (χ1) is 11.2. The zero-order valence-corrected chi connectivity index (χ0v) is 13.5. The van der Waals surface area contributed by atoms with E-state index in [-0.39, 0.29) is 0 Å². The maximum absolute atomic E-state index is 8.19. The van der Waals surface area contributed by atoms with Crippen molar-refractivity contribution in [2.24, 2.45) is 13.0 Å². The minimum atomic E-state index is 0.773. The molecule has 1 aliphatic rings. The Balaban J connectivity index is 1.52. The summed E-state index contributed by atoms with van der Waals surface area (Å²) >= 11 is 0. The van der Waals surface area contributed by atoms with Crippen molar-refractivity contribution in [1.29, 1.82) is 5.41 Å². The van der Waals surface area contributed by atoms with Gasteiger partial charge in [0.2, 0.25) is 0 Å². The van der Waals surface area contributed by atoms with Crippen molar-refractivity contribution in [3.05, 3.63) is 66.1 Å². The molecule has 0 spiro atoms. The van der Waals surface area contributed by atoms with Crippen LogP contribution in [0.2, 0.25) is 0 Å². The lowest BCUT2D eigenvalue weighted by molar-refractivity contribution is -0.670. The fraction of sp³-hybridized carbons (Fsp3) is 0.300. The molecule has 0 atom stereocenters. The van der Waals surface area contributed by atoms with E-state index in [1.54, 1.807) is 0 Å². The summed E-state index contributed by atoms with van der Waals surface area (Å²) in [5.74, 6) is 0.773. The summed E-state index contributed by atoms with van der Waals surface area (Å²) in [6, 6.07) is 12.8. The molecule has 0 amide bonds. The number of rotatable bonds is 5. The molecule has 116 valence electrons. The first-order valence-corrected chi connectivity index (χ1v) is 8.30. The number of nitrogens with zero attached hydrogens (tertiary/aromatic N) is 2. The molecular weight excluding hydrogens is 282 g/mol. The molecule has 3 nitrogen and oxygen atoms in total. The van der Waals surface area contributed by atoms with Crippen molar-refractivity contribution in [3.63, 3.8) is 0 Å². The van der Waals surface area contributed by atoms with Crippen molar-refractivity contribution in [2.45, 2.75) is 25.8 Å². The number of fused-ring (bicyclic) bond motifs is 1. The highest BCUT2D eigenvalue weighted by Gasteiger charge is 2.23. The van der Waals surface area contributed by atoms with Crippen LogP contribution in [0.25, 0.3) is 10.9 Å². The summed E-state index contributed by atoms with van der Waals surface area (Å²) < 4.78 is 4.35. The van der Waals surface area contributed by atoms with Crippen molar-refractivity contribution >= 4 is 16.6 Å². The monoisotopic (exact) mass is 304 g/mol. The first kappa shape index (κ1) is 14.2. The van der Waals surface area contributed by atoms with Gasteiger partial charge in [-0.15, -0.1) is 0 Å². The van der Waals surface area contributed by atoms with E-state index < -0.39 is 0 Å². The zero-order chi connectivity index (χ0) is 15.8. The molecule has 0 bridgehead atoms. The van der Waals surface area contributed by atoms with E-state index in [0.717, 1.165) is 30.2 Å². The molecule has 4 rings (SSSR count). The maximum atomic E-state index is 8.19. The number of nitrogens with one attached hydrogen (secondary N) is 1. The smallest absolute Gasteiger partial charge is 0.177 e. The molecule has 1 saturated carbocycles. The van der Waals surface area contributed by atoms with Gasteiger partial charge in [0.15, 0.2) is 12.4 Å². The summed E-state index contributed by atoms with van der Waals surface area (Å²) in [4.78, 5) is 0. The topological polar surface area (TPSA) is 32.7 Å². The Morgan fingerprint density at radius 2 is 1.96 bits per heavy atom. The Morgan fingerprint density at radius 1 is 1.17 bits per heavy atom. The van der Waals surface area contributed by atoms with Gasteiger partial charge >= 0.3 is 0 Å². The Morgan fingerprint density at radius 3 is 2.70 bits per heavy atom. The fourth-order valence-electron chi connectivity index (χ4n) is 3.13. The average molecular weight is 304 g/mol. The van der Waals surface area contributed by atoms with Crippen LogP contribution in [0.3, 0.4) is 0 Å². The minimum absolute atomic E-state index is 0.773. The van der Waals surface area contributed by atoms with Crippen molar-refractivity contribution in [3.8, 4) is 0 Å². The van der Waals surface area contributed by atoms with Crippen LogP contribution < -0.4 is 4.57 Å². The van der Waals surface area contributed by atoms with Gasteiger partial charge in [0.1, 0.15) is 7.05 Å². The number of benzene rings is 1. The van der Waals surface area contributed by atoms with Gasteiger partial charge in [-0.3, -0.25) is 0 Å². The van der Waals surface area contributed by atoms with Crippen LogP contribution in [0, 0.1) is 11.3 Å². The highest BCUT2D eigenvalue weighted by atomic mass is 15.0. The fourth-order valence-corrected chi connectivity index (χ4v) is 3.13. The van der Waals surface area contributed by atoms with E-state index in [0.29, 0.717) is 0 Å². The quantitative estimate of drug-likeness (QED) is 0.551.